The van der Waals surface area contributed by atoms with Crippen LogP contribution in [0.5, 0.6) is 0 Å². The van der Waals surface area contributed by atoms with Crippen LogP contribution in [0.15, 0.2) is 30.3 Å². The van der Waals surface area contributed by atoms with E-state index in [4.69, 9.17) is 0 Å². The zero-order valence-corrected chi connectivity index (χ0v) is 10.5. The number of benzene rings is 4. The molecule has 0 heterocycles. The Labute approximate surface area is 112 Å². The molecule has 4 rings (SSSR count). The maximum Gasteiger partial charge on any atom is 0.134 e. The van der Waals surface area contributed by atoms with Crippen molar-refractivity contribution in [3.05, 3.63) is 59.4 Å². The lowest BCUT2D eigenvalue weighted by Gasteiger charge is -2.13. The monoisotopic (exact) mass is 269 g/mol. The van der Waals surface area contributed by atoms with Gasteiger partial charge in [0.25, 0.3) is 0 Å². The van der Waals surface area contributed by atoms with E-state index in [2.05, 4.69) is 6.07 Å². The van der Waals surface area contributed by atoms with Gasteiger partial charge in [0.05, 0.1) is 0 Å². The van der Waals surface area contributed by atoms with E-state index >= 15 is 0 Å². The second-order valence-corrected chi connectivity index (χ2v) is 5.04. The van der Waals surface area contributed by atoms with Crippen molar-refractivity contribution in [3.63, 3.8) is 0 Å². The number of rotatable bonds is 0. The molecule has 0 saturated heterocycles. The molecule has 0 unspecified atom stereocenters. The Balaban J connectivity index is 2.41. The lowest BCUT2D eigenvalue weighted by Crippen LogP contribution is -1.93. The molecule has 4 aromatic carbocycles. The summed E-state index contributed by atoms with van der Waals surface area (Å²) in [7, 11) is 0. The second kappa shape index (κ2) is 3.63. The summed E-state index contributed by atoms with van der Waals surface area (Å²) in [6, 6.07) is 9.88. The van der Waals surface area contributed by atoms with Gasteiger partial charge < -0.3 is 0 Å². The molecule has 0 aliphatic rings. The summed E-state index contributed by atoms with van der Waals surface area (Å²) in [5.41, 5.74) is 0.650. The van der Waals surface area contributed by atoms with Gasteiger partial charge >= 0.3 is 0 Å². The predicted octanol–water partition coefficient (Wildman–Crippen LogP) is 5.11. The van der Waals surface area contributed by atoms with Gasteiger partial charge in [-0.3, -0.25) is 0 Å². The highest BCUT2D eigenvalue weighted by atomic mass is 19.1. The van der Waals surface area contributed by atoms with Crippen LogP contribution >= 0.6 is 0 Å². The third-order valence-corrected chi connectivity index (χ3v) is 3.80. The van der Waals surface area contributed by atoms with E-state index in [1.807, 2.05) is 6.07 Å². The molecule has 0 aliphatic carbocycles. The average molecular weight is 269 g/mol. The summed E-state index contributed by atoms with van der Waals surface area (Å²) in [5.74, 6) is -1.60. The van der Waals surface area contributed by atoms with Crippen molar-refractivity contribution in [2.45, 2.75) is 6.92 Å². The summed E-state index contributed by atoms with van der Waals surface area (Å²) >= 11 is 0. The van der Waals surface area contributed by atoms with Crippen molar-refractivity contribution in [2.24, 2.45) is 0 Å². The largest absolute Gasteiger partial charge is 0.207 e. The van der Waals surface area contributed by atoms with Crippen molar-refractivity contribution in [1.29, 1.82) is 0 Å². The van der Waals surface area contributed by atoms with Gasteiger partial charge in [-0.25, -0.2) is 13.2 Å². The van der Waals surface area contributed by atoms with Crippen LogP contribution in [-0.4, -0.2) is 0 Å². The summed E-state index contributed by atoms with van der Waals surface area (Å²) in [6.45, 7) is 1.74. The van der Waals surface area contributed by atoms with Crippen LogP contribution in [0.2, 0.25) is 0 Å². The highest BCUT2D eigenvalue weighted by Crippen LogP contribution is 2.36. The molecule has 0 spiro atoms. The molecule has 4 aromatic rings. The minimum Gasteiger partial charge on any atom is -0.207 e. The van der Waals surface area contributed by atoms with E-state index in [-0.39, 0.29) is 5.82 Å². The molecule has 3 heteroatoms. The molecule has 0 nitrogen and oxygen atoms in total. The number of hydrogen-bond donors (Lipinski definition) is 0. The standard InChI is InChI=1S/C17H8F3/c1-8-13-7-14(10-2-9(13)3-11(18)4-10)15-5-12(19)6-16(20)17(8)15/h2-6H,1H3. The molecule has 0 aliphatic heterocycles. The van der Waals surface area contributed by atoms with Gasteiger partial charge in [-0.1, -0.05) is 0 Å². The third kappa shape index (κ3) is 1.38. The fourth-order valence-corrected chi connectivity index (χ4v) is 2.96. The van der Waals surface area contributed by atoms with Crippen LogP contribution in [0.25, 0.3) is 32.3 Å². The van der Waals surface area contributed by atoms with E-state index in [9.17, 15) is 13.2 Å². The van der Waals surface area contributed by atoms with Gasteiger partial charge in [-0.05, 0) is 69.8 Å². The molecule has 97 valence electrons. The molecular weight excluding hydrogens is 261 g/mol. The topological polar surface area (TPSA) is 0 Å². The summed E-state index contributed by atoms with van der Waals surface area (Å²) in [4.78, 5) is 0. The molecule has 20 heavy (non-hydrogen) atoms. The molecule has 0 saturated carbocycles. The number of halogens is 3. The van der Waals surface area contributed by atoms with Crippen molar-refractivity contribution in [2.75, 3.05) is 0 Å². The second-order valence-electron chi connectivity index (χ2n) is 5.04. The number of hydrogen-bond acceptors (Lipinski definition) is 0. The van der Waals surface area contributed by atoms with Gasteiger partial charge in [-0.15, -0.1) is 0 Å². The highest BCUT2D eigenvalue weighted by Gasteiger charge is 2.15. The maximum absolute atomic E-state index is 14.1. The summed E-state index contributed by atoms with van der Waals surface area (Å²) < 4.78 is 41.2. The summed E-state index contributed by atoms with van der Waals surface area (Å²) in [5, 5.41) is 3.30. The Kier molecular flexibility index (Phi) is 2.09. The Hall–Kier alpha value is -2.29. The minimum atomic E-state index is -0.644. The van der Waals surface area contributed by atoms with Crippen LogP contribution in [0.3, 0.4) is 0 Å². The quantitative estimate of drug-likeness (QED) is 0.416. The maximum atomic E-state index is 14.1. The van der Waals surface area contributed by atoms with Gasteiger partial charge in [0.2, 0.25) is 0 Å². The first-order valence-electron chi connectivity index (χ1n) is 6.20. The first kappa shape index (κ1) is 11.5. The van der Waals surface area contributed by atoms with E-state index in [0.29, 0.717) is 37.9 Å². The van der Waals surface area contributed by atoms with Crippen LogP contribution in [0, 0.1) is 30.4 Å². The first-order chi connectivity index (χ1) is 9.54. The van der Waals surface area contributed by atoms with E-state index in [1.54, 1.807) is 6.92 Å². The lowest BCUT2D eigenvalue weighted by atomic mass is 9.91. The van der Waals surface area contributed by atoms with Crippen molar-refractivity contribution in [3.8, 4) is 0 Å². The smallest absolute Gasteiger partial charge is 0.134 e. The Morgan fingerprint density at radius 3 is 2.20 bits per heavy atom. The molecule has 0 aromatic heterocycles. The van der Waals surface area contributed by atoms with Gasteiger partial charge in [0.1, 0.15) is 17.5 Å². The van der Waals surface area contributed by atoms with Crippen LogP contribution in [0.4, 0.5) is 13.2 Å². The third-order valence-electron chi connectivity index (χ3n) is 3.80. The van der Waals surface area contributed by atoms with Crippen molar-refractivity contribution < 1.29 is 13.2 Å². The number of fused-ring (bicyclic) bond motifs is 8. The van der Waals surface area contributed by atoms with Crippen molar-refractivity contribution in [1.82, 2.24) is 0 Å². The molecule has 0 N–H and O–H groups in total. The molecule has 0 atom stereocenters. The van der Waals surface area contributed by atoms with Gasteiger partial charge in [-0.2, -0.15) is 0 Å². The normalized spacial score (nSPS) is 12.0. The average Bonchev–Trinajstić information content (AvgIpc) is 2.36. The fourth-order valence-electron chi connectivity index (χ4n) is 2.96. The summed E-state index contributed by atoms with van der Waals surface area (Å²) in [6.07, 6.45) is 0. The van der Waals surface area contributed by atoms with Crippen LogP contribution < -0.4 is 0 Å². The Morgan fingerprint density at radius 1 is 0.800 bits per heavy atom. The Morgan fingerprint density at radius 2 is 1.45 bits per heavy atom. The SMILES string of the molecule is Cc1c2[c]c(c3cc(F)cc2c3)c2cc(F)cc(F)c12. The molecule has 4 bridgehead atoms. The van der Waals surface area contributed by atoms with Crippen LogP contribution in [-0.2, 0) is 0 Å². The van der Waals surface area contributed by atoms with E-state index in [1.165, 1.54) is 18.2 Å². The highest BCUT2D eigenvalue weighted by molar-refractivity contribution is 6.16. The molecule has 1 radical (unpaired) electrons. The minimum absolute atomic E-state index is 0.359. The molecular formula is C17H8F3. The Bertz CT molecular complexity index is 986. The van der Waals surface area contributed by atoms with Crippen LogP contribution in [0.1, 0.15) is 5.56 Å². The number of aryl methyl sites for hydroxylation is 1. The predicted molar refractivity (Wildman–Crippen MR) is 73.6 cm³/mol. The zero-order valence-electron chi connectivity index (χ0n) is 10.5. The van der Waals surface area contributed by atoms with E-state index in [0.717, 1.165) is 6.07 Å². The fraction of sp³-hybridized carbons (Fsp3) is 0.0588. The molecule has 0 fully saturated rings. The molecule has 0 amide bonds. The van der Waals surface area contributed by atoms with E-state index < -0.39 is 11.6 Å². The lowest BCUT2D eigenvalue weighted by molar-refractivity contribution is 0.592. The van der Waals surface area contributed by atoms with Gasteiger partial charge in [0, 0.05) is 11.5 Å². The van der Waals surface area contributed by atoms with Crippen molar-refractivity contribution >= 4 is 32.3 Å². The zero-order chi connectivity index (χ0) is 14.0. The van der Waals surface area contributed by atoms with Gasteiger partial charge in [0.15, 0.2) is 0 Å². The first-order valence-corrected chi connectivity index (χ1v) is 6.20.